The van der Waals surface area contributed by atoms with Crippen molar-refractivity contribution in [2.75, 3.05) is 7.11 Å². The summed E-state index contributed by atoms with van der Waals surface area (Å²) in [6, 6.07) is 7.40. The third-order valence-electron chi connectivity index (χ3n) is 4.38. The zero-order valence-electron chi connectivity index (χ0n) is 13.9. The van der Waals surface area contributed by atoms with Crippen LogP contribution >= 0.6 is 0 Å². The van der Waals surface area contributed by atoms with Gasteiger partial charge in [-0.2, -0.15) is 0 Å². The van der Waals surface area contributed by atoms with Crippen LogP contribution in [0.3, 0.4) is 0 Å². The van der Waals surface area contributed by atoms with E-state index in [4.69, 9.17) is 9.26 Å². The number of hydrogen-bond donors (Lipinski definition) is 2. The van der Waals surface area contributed by atoms with E-state index >= 15 is 0 Å². The number of carbonyl (C=O) groups excluding carboxylic acids is 1. The lowest BCUT2D eigenvalue weighted by Crippen LogP contribution is -2.33. The highest BCUT2D eigenvalue weighted by molar-refractivity contribution is 6.01. The summed E-state index contributed by atoms with van der Waals surface area (Å²) >= 11 is 0. The van der Waals surface area contributed by atoms with E-state index in [0.29, 0.717) is 11.3 Å². The number of nitrogens with zero attached hydrogens (tertiary/aromatic N) is 1. The summed E-state index contributed by atoms with van der Waals surface area (Å²) in [5.41, 5.74) is 1.48. The Labute approximate surface area is 140 Å². The van der Waals surface area contributed by atoms with Crippen LogP contribution in [0.5, 0.6) is 5.75 Å². The van der Waals surface area contributed by atoms with Crippen molar-refractivity contribution < 1.29 is 19.2 Å². The fraction of sp³-hybridized carbons (Fsp3) is 0.444. The Kier molecular flexibility index (Phi) is 4.85. The molecule has 3 rings (SSSR count). The maximum Gasteiger partial charge on any atom is 0.257 e. The molecule has 1 unspecified atom stereocenters. The van der Waals surface area contributed by atoms with Crippen LogP contribution in [-0.2, 0) is 0 Å². The van der Waals surface area contributed by atoms with Crippen LogP contribution in [0.2, 0.25) is 0 Å². The molecule has 128 valence electrons. The highest BCUT2D eigenvalue weighted by Crippen LogP contribution is 2.30. The lowest BCUT2D eigenvalue weighted by molar-refractivity contribution is 0.0925. The number of aromatic nitrogens is 1. The van der Waals surface area contributed by atoms with Crippen LogP contribution in [0.1, 0.15) is 54.8 Å². The molecule has 1 aromatic carbocycles. The van der Waals surface area contributed by atoms with Crippen LogP contribution in [-0.4, -0.2) is 29.3 Å². The average Bonchev–Trinajstić information content (AvgIpc) is 3.24. The first-order valence-electron chi connectivity index (χ1n) is 8.23. The molecular formula is C18H22N2O4. The minimum absolute atomic E-state index is 0.179. The van der Waals surface area contributed by atoms with Crippen molar-refractivity contribution in [3.63, 3.8) is 0 Å². The number of amides is 1. The van der Waals surface area contributed by atoms with Gasteiger partial charge in [-0.1, -0.05) is 18.0 Å². The first-order chi connectivity index (χ1) is 11.6. The highest BCUT2D eigenvalue weighted by Gasteiger charge is 2.28. The first kappa shape index (κ1) is 16.5. The average molecular weight is 330 g/mol. The van der Waals surface area contributed by atoms with Crippen molar-refractivity contribution in [1.29, 1.82) is 0 Å². The van der Waals surface area contributed by atoms with Gasteiger partial charge in [0.15, 0.2) is 5.76 Å². The summed E-state index contributed by atoms with van der Waals surface area (Å²) < 4.78 is 10.4. The Hall–Kier alpha value is -2.34. The van der Waals surface area contributed by atoms with Gasteiger partial charge in [0.25, 0.3) is 5.91 Å². The van der Waals surface area contributed by atoms with E-state index in [1.54, 1.807) is 26.2 Å². The van der Waals surface area contributed by atoms with Crippen LogP contribution < -0.4 is 10.1 Å². The molecule has 1 heterocycles. The number of benzene rings is 1. The molecule has 1 aliphatic carbocycles. The zero-order valence-corrected chi connectivity index (χ0v) is 13.9. The zero-order chi connectivity index (χ0) is 17.1. The standard InChI is InChI=1S/C18H22N2O4/c1-11(21)17-15(18(22)19-13-5-3-4-6-13)16(20-24-17)12-7-9-14(23-2)10-8-12/h7-11,13,21H,3-6H2,1-2H3,(H,19,22). The molecule has 1 fully saturated rings. The van der Waals surface area contributed by atoms with Crippen LogP contribution in [0, 0.1) is 0 Å². The second kappa shape index (κ2) is 7.05. The van der Waals surface area contributed by atoms with E-state index in [0.717, 1.165) is 37.0 Å². The minimum Gasteiger partial charge on any atom is -0.497 e. The molecular weight excluding hydrogens is 308 g/mol. The monoisotopic (exact) mass is 330 g/mol. The Balaban J connectivity index is 1.95. The van der Waals surface area contributed by atoms with E-state index in [1.165, 1.54) is 0 Å². The van der Waals surface area contributed by atoms with Crippen LogP contribution in [0.25, 0.3) is 11.3 Å². The second-order valence-electron chi connectivity index (χ2n) is 6.13. The summed E-state index contributed by atoms with van der Waals surface area (Å²) in [6.07, 6.45) is 3.32. The van der Waals surface area contributed by atoms with Crippen LogP contribution in [0.4, 0.5) is 0 Å². The Bertz CT molecular complexity index is 700. The third-order valence-corrected chi connectivity index (χ3v) is 4.38. The van der Waals surface area contributed by atoms with Gasteiger partial charge in [-0.05, 0) is 44.0 Å². The highest BCUT2D eigenvalue weighted by atomic mass is 16.5. The Morgan fingerprint density at radius 2 is 2.00 bits per heavy atom. The molecule has 2 aromatic rings. The molecule has 0 spiro atoms. The smallest absolute Gasteiger partial charge is 0.257 e. The molecule has 0 saturated heterocycles. The fourth-order valence-corrected chi connectivity index (χ4v) is 3.08. The van der Waals surface area contributed by atoms with Crippen molar-refractivity contribution in [2.45, 2.75) is 44.8 Å². The lowest BCUT2D eigenvalue weighted by atomic mass is 10.0. The van der Waals surface area contributed by atoms with Gasteiger partial charge in [-0.25, -0.2) is 0 Å². The van der Waals surface area contributed by atoms with E-state index in [-0.39, 0.29) is 17.7 Å². The van der Waals surface area contributed by atoms with Crippen molar-refractivity contribution in [2.24, 2.45) is 0 Å². The molecule has 0 bridgehead atoms. The first-order valence-corrected chi connectivity index (χ1v) is 8.23. The topological polar surface area (TPSA) is 84.6 Å². The lowest BCUT2D eigenvalue weighted by Gasteiger charge is -2.13. The molecule has 1 amide bonds. The van der Waals surface area contributed by atoms with E-state index in [2.05, 4.69) is 10.5 Å². The summed E-state index contributed by atoms with van der Waals surface area (Å²) in [5, 5.41) is 17.0. The van der Waals surface area contributed by atoms with Gasteiger partial charge in [0, 0.05) is 11.6 Å². The van der Waals surface area contributed by atoms with Crippen molar-refractivity contribution in [3.8, 4) is 17.0 Å². The molecule has 1 saturated carbocycles. The number of aliphatic hydroxyl groups is 1. The predicted octanol–water partition coefficient (Wildman–Crippen LogP) is 3.08. The number of rotatable bonds is 5. The minimum atomic E-state index is -0.908. The van der Waals surface area contributed by atoms with Crippen molar-refractivity contribution in [1.82, 2.24) is 10.5 Å². The maximum atomic E-state index is 12.8. The summed E-state index contributed by atoms with van der Waals surface area (Å²) in [7, 11) is 1.59. The van der Waals surface area contributed by atoms with Gasteiger partial charge in [0.2, 0.25) is 0 Å². The number of carbonyl (C=O) groups is 1. The number of aliphatic hydroxyl groups excluding tert-OH is 1. The van der Waals surface area contributed by atoms with Gasteiger partial charge < -0.3 is 19.7 Å². The Morgan fingerprint density at radius 3 is 2.58 bits per heavy atom. The van der Waals surface area contributed by atoms with Crippen molar-refractivity contribution >= 4 is 5.91 Å². The summed E-state index contributed by atoms with van der Waals surface area (Å²) in [4.78, 5) is 12.8. The molecule has 1 aliphatic rings. The van der Waals surface area contributed by atoms with E-state index < -0.39 is 6.10 Å². The van der Waals surface area contributed by atoms with E-state index in [1.807, 2.05) is 12.1 Å². The quantitative estimate of drug-likeness (QED) is 0.880. The normalized spacial score (nSPS) is 16.1. The molecule has 2 N–H and O–H groups in total. The fourth-order valence-electron chi connectivity index (χ4n) is 3.08. The SMILES string of the molecule is COc1ccc(-c2noc(C(C)O)c2C(=O)NC2CCCC2)cc1. The summed E-state index contributed by atoms with van der Waals surface area (Å²) in [5.74, 6) is 0.663. The molecule has 0 aliphatic heterocycles. The molecule has 24 heavy (non-hydrogen) atoms. The van der Waals surface area contributed by atoms with Crippen LogP contribution in [0.15, 0.2) is 28.8 Å². The molecule has 1 aromatic heterocycles. The van der Waals surface area contributed by atoms with Gasteiger partial charge in [-0.15, -0.1) is 0 Å². The Morgan fingerprint density at radius 1 is 1.33 bits per heavy atom. The molecule has 6 heteroatoms. The number of ether oxygens (including phenoxy) is 1. The van der Waals surface area contributed by atoms with Gasteiger partial charge >= 0.3 is 0 Å². The third kappa shape index (κ3) is 3.28. The maximum absolute atomic E-state index is 12.8. The van der Waals surface area contributed by atoms with Gasteiger partial charge in [-0.3, -0.25) is 4.79 Å². The van der Waals surface area contributed by atoms with Gasteiger partial charge in [0.1, 0.15) is 23.1 Å². The second-order valence-corrected chi connectivity index (χ2v) is 6.13. The molecule has 0 radical (unpaired) electrons. The molecule has 1 atom stereocenters. The number of nitrogens with one attached hydrogen (secondary N) is 1. The van der Waals surface area contributed by atoms with Gasteiger partial charge in [0.05, 0.1) is 7.11 Å². The van der Waals surface area contributed by atoms with E-state index in [9.17, 15) is 9.90 Å². The summed E-state index contributed by atoms with van der Waals surface area (Å²) in [6.45, 7) is 1.56. The largest absolute Gasteiger partial charge is 0.497 e. The molecule has 6 nitrogen and oxygen atoms in total. The van der Waals surface area contributed by atoms with Crippen molar-refractivity contribution in [3.05, 3.63) is 35.6 Å². The number of methoxy groups -OCH3 is 1. The number of hydrogen-bond acceptors (Lipinski definition) is 5. The predicted molar refractivity (Wildman–Crippen MR) is 88.8 cm³/mol.